The summed E-state index contributed by atoms with van der Waals surface area (Å²) in [5, 5.41) is 1.98. The molecule has 0 aliphatic carbocycles. The van der Waals surface area contributed by atoms with Crippen molar-refractivity contribution in [2.24, 2.45) is 0 Å². The van der Waals surface area contributed by atoms with Gasteiger partial charge in [-0.3, -0.25) is 4.98 Å². The van der Waals surface area contributed by atoms with Gasteiger partial charge in [0.05, 0.1) is 28.1 Å². The van der Waals surface area contributed by atoms with Crippen LogP contribution in [-0.2, 0) is 20.1 Å². The Hall–Kier alpha value is -6.46. The van der Waals surface area contributed by atoms with Crippen molar-refractivity contribution >= 4 is 33.1 Å². The van der Waals surface area contributed by atoms with Crippen molar-refractivity contribution in [2.45, 2.75) is 39.5 Å². The van der Waals surface area contributed by atoms with Gasteiger partial charge in [0.1, 0.15) is 0 Å². The molecule has 291 valence electrons. The van der Waals surface area contributed by atoms with E-state index in [1.165, 1.54) is 27.9 Å². The molecular formula is C53H42IrN4O-2. The summed E-state index contributed by atoms with van der Waals surface area (Å²) in [6.45, 7) is 9.11. The summed E-state index contributed by atoms with van der Waals surface area (Å²) in [6, 6.07) is 62.6. The van der Waals surface area contributed by atoms with Crippen LogP contribution in [0, 0.1) is 12.1 Å². The first-order chi connectivity index (χ1) is 28.4. The molecule has 0 spiro atoms. The molecule has 4 aromatic heterocycles. The maximum Gasteiger partial charge on any atom is 0.216 e. The van der Waals surface area contributed by atoms with Crippen molar-refractivity contribution in [3.8, 4) is 50.7 Å². The minimum absolute atomic E-state index is 0. The van der Waals surface area contributed by atoms with Crippen molar-refractivity contribution in [2.75, 3.05) is 0 Å². The Balaban J connectivity index is 0.000000319. The van der Waals surface area contributed by atoms with Crippen molar-refractivity contribution in [1.29, 1.82) is 0 Å². The third kappa shape index (κ3) is 7.78. The fourth-order valence-corrected chi connectivity index (χ4v) is 7.67. The Morgan fingerprint density at radius 3 is 1.92 bits per heavy atom. The molecule has 6 aromatic carbocycles. The third-order valence-corrected chi connectivity index (χ3v) is 10.5. The molecular weight excluding hydrogens is 901 g/mol. The first-order valence-corrected chi connectivity index (χ1v) is 19.8. The van der Waals surface area contributed by atoms with E-state index in [4.69, 9.17) is 14.4 Å². The van der Waals surface area contributed by atoms with E-state index in [0.717, 1.165) is 61.3 Å². The molecule has 0 amide bonds. The predicted molar refractivity (Wildman–Crippen MR) is 238 cm³/mol. The summed E-state index contributed by atoms with van der Waals surface area (Å²) in [5.41, 5.74) is 14.3. The standard InChI is InChI=1S/C42H34N3O.C11H8N.Ir/c1-26(2)34-24-30(28-14-7-5-8-15-28)25-35(27(3)4)39(34)45-38-21-12-11-20-37(38)43-41(45)33-19-13-18-31-32-22-23-36(29-16-9-6-10-17-29)44-42(32)46-40(31)33;1-2-6-10(7-3-1)11-8-4-5-9-12-11;/h5-18,20-27H,1-4H3;1-6,8-9H;/q2*-1;. The van der Waals surface area contributed by atoms with E-state index in [1.807, 2.05) is 66.7 Å². The van der Waals surface area contributed by atoms with Gasteiger partial charge >= 0.3 is 0 Å². The maximum absolute atomic E-state index is 6.62. The topological polar surface area (TPSA) is 56.7 Å². The number of hydrogen-bond acceptors (Lipinski definition) is 4. The van der Waals surface area contributed by atoms with Crippen LogP contribution >= 0.6 is 0 Å². The van der Waals surface area contributed by atoms with Crippen LogP contribution in [0.4, 0.5) is 0 Å². The number of nitrogens with zero attached hydrogens (tertiary/aromatic N) is 4. The van der Waals surface area contributed by atoms with Gasteiger partial charge in [0.25, 0.3) is 0 Å². The molecule has 1 radical (unpaired) electrons. The van der Waals surface area contributed by atoms with Crippen LogP contribution in [-0.4, -0.2) is 19.5 Å². The van der Waals surface area contributed by atoms with E-state index in [1.54, 1.807) is 6.20 Å². The van der Waals surface area contributed by atoms with Crippen LogP contribution < -0.4 is 0 Å². The van der Waals surface area contributed by atoms with Gasteiger partial charge in [0.15, 0.2) is 0 Å². The van der Waals surface area contributed by atoms with E-state index in [-0.39, 0.29) is 31.9 Å². The first-order valence-electron chi connectivity index (χ1n) is 19.8. The fraction of sp³-hybridized carbons (Fsp3) is 0.113. The van der Waals surface area contributed by atoms with E-state index in [0.29, 0.717) is 5.71 Å². The zero-order valence-corrected chi connectivity index (χ0v) is 35.7. The van der Waals surface area contributed by atoms with Crippen LogP contribution in [0.15, 0.2) is 174 Å². The normalized spacial score (nSPS) is 11.2. The number of aromatic nitrogens is 4. The van der Waals surface area contributed by atoms with E-state index in [9.17, 15) is 0 Å². The van der Waals surface area contributed by atoms with Crippen LogP contribution in [0.25, 0.3) is 83.8 Å². The van der Waals surface area contributed by atoms with Gasteiger partial charge in [-0.15, -0.1) is 54.1 Å². The molecule has 0 fully saturated rings. The molecule has 0 saturated carbocycles. The molecule has 4 heterocycles. The van der Waals surface area contributed by atoms with Gasteiger partial charge in [-0.05, 0) is 82.2 Å². The van der Waals surface area contributed by atoms with Gasteiger partial charge in [-0.1, -0.05) is 124 Å². The minimum Gasteiger partial charge on any atom is -0.486 e. The smallest absolute Gasteiger partial charge is 0.216 e. The number of fused-ring (bicyclic) bond motifs is 4. The molecule has 0 atom stereocenters. The molecule has 0 unspecified atom stereocenters. The molecule has 6 heteroatoms. The minimum atomic E-state index is 0. The summed E-state index contributed by atoms with van der Waals surface area (Å²) < 4.78 is 8.97. The van der Waals surface area contributed by atoms with E-state index < -0.39 is 0 Å². The number of para-hydroxylation sites is 2. The van der Waals surface area contributed by atoms with Crippen LogP contribution in [0.3, 0.4) is 0 Å². The summed E-state index contributed by atoms with van der Waals surface area (Å²) in [5.74, 6) is 1.36. The second-order valence-electron chi connectivity index (χ2n) is 15.0. The Morgan fingerprint density at radius 1 is 0.559 bits per heavy atom. The number of imidazole rings is 1. The van der Waals surface area contributed by atoms with Gasteiger partial charge in [0, 0.05) is 42.9 Å². The van der Waals surface area contributed by atoms with E-state index in [2.05, 4.69) is 146 Å². The van der Waals surface area contributed by atoms with Crippen molar-refractivity contribution in [1.82, 2.24) is 19.5 Å². The van der Waals surface area contributed by atoms with Crippen molar-refractivity contribution in [3.63, 3.8) is 0 Å². The molecule has 0 aliphatic rings. The largest absolute Gasteiger partial charge is 0.486 e. The average molecular weight is 943 g/mol. The second kappa shape index (κ2) is 17.2. The second-order valence-corrected chi connectivity index (χ2v) is 15.0. The zero-order chi connectivity index (χ0) is 39.6. The SMILES string of the molecule is CC(C)c1cc(-c2ccccc2)cc(C(C)C)c1-n1c(-c2[c-]ccc3c2oc2nc(-c4ccccc4)ccc23)nc2ccccc21.[Ir].[c-]1ccccc1-c1ccccn1. The Kier molecular flexibility index (Phi) is 11.5. The third-order valence-electron chi connectivity index (χ3n) is 10.5. The molecule has 0 N–H and O–H groups in total. The molecule has 10 rings (SSSR count). The average Bonchev–Trinajstić information content (AvgIpc) is 3.86. The quantitative estimate of drug-likeness (QED) is 0.149. The summed E-state index contributed by atoms with van der Waals surface area (Å²) in [6.07, 6.45) is 1.79. The Morgan fingerprint density at radius 2 is 1.24 bits per heavy atom. The number of benzene rings is 6. The molecule has 59 heavy (non-hydrogen) atoms. The van der Waals surface area contributed by atoms with Crippen molar-refractivity contribution in [3.05, 3.63) is 193 Å². The first kappa shape index (κ1) is 39.4. The Bertz CT molecular complexity index is 2930. The van der Waals surface area contributed by atoms with Gasteiger partial charge < -0.3 is 14.0 Å². The molecule has 5 nitrogen and oxygen atoms in total. The number of pyridine rings is 2. The van der Waals surface area contributed by atoms with E-state index >= 15 is 0 Å². The zero-order valence-electron chi connectivity index (χ0n) is 33.4. The van der Waals surface area contributed by atoms with Crippen LogP contribution in [0.5, 0.6) is 0 Å². The molecule has 0 aliphatic heterocycles. The predicted octanol–water partition coefficient (Wildman–Crippen LogP) is 13.9. The monoisotopic (exact) mass is 943 g/mol. The van der Waals surface area contributed by atoms with Crippen molar-refractivity contribution < 1.29 is 24.5 Å². The molecule has 0 saturated heterocycles. The van der Waals surface area contributed by atoms with Gasteiger partial charge in [-0.25, -0.2) is 4.98 Å². The molecule has 10 aromatic rings. The Labute approximate surface area is 358 Å². The van der Waals surface area contributed by atoms with Gasteiger partial charge in [-0.2, -0.15) is 0 Å². The summed E-state index contributed by atoms with van der Waals surface area (Å²) in [7, 11) is 0. The number of rotatable bonds is 7. The van der Waals surface area contributed by atoms with Gasteiger partial charge in [0.2, 0.25) is 5.71 Å². The fourth-order valence-electron chi connectivity index (χ4n) is 7.67. The summed E-state index contributed by atoms with van der Waals surface area (Å²) in [4.78, 5) is 14.4. The maximum atomic E-state index is 6.62. The summed E-state index contributed by atoms with van der Waals surface area (Å²) >= 11 is 0. The van der Waals surface area contributed by atoms with Crippen LogP contribution in [0.2, 0.25) is 0 Å². The number of hydrogen-bond donors (Lipinski definition) is 0. The molecule has 0 bridgehead atoms. The number of furan rings is 1. The van der Waals surface area contributed by atoms with Crippen LogP contribution in [0.1, 0.15) is 50.7 Å².